The van der Waals surface area contributed by atoms with Gasteiger partial charge in [-0.05, 0) is 43.4 Å². The molecule has 0 aromatic heterocycles. The highest BCUT2D eigenvalue weighted by Gasteiger charge is 2.16. The number of anilines is 1. The lowest BCUT2D eigenvalue weighted by atomic mass is 9.86. The molecule has 0 saturated heterocycles. The summed E-state index contributed by atoms with van der Waals surface area (Å²) in [5.74, 6) is 0.737. The second-order valence-electron chi connectivity index (χ2n) is 5.36. The zero-order valence-electron chi connectivity index (χ0n) is 12.4. The summed E-state index contributed by atoms with van der Waals surface area (Å²) >= 11 is 0. The molecule has 1 aromatic rings. The van der Waals surface area contributed by atoms with Gasteiger partial charge in [-0.3, -0.25) is 4.79 Å². The Kier molecular flexibility index (Phi) is 5.41. The van der Waals surface area contributed by atoms with E-state index >= 15 is 0 Å². The number of rotatable bonds is 7. The largest absolute Gasteiger partial charge is 0.382 e. The van der Waals surface area contributed by atoms with Crippen molar-refractivity contribution < 1.29 is 9.53 Å². The smallest absolute Gasteiger partial charge is 0.251 e. The van der Waals surface area contributed by atoms with Gasteiger partial charge in [0.15, 0.2) is 0 Å². The summed E-state index contributed by atoms with van der Waals surface area (Å²) in [5.41, 5.74) is 2.69. The number of carbonyl (C=O) groups excluding carboxylic acids is 1. The van der Waals surface area contributed by atoms with Crippen molar-refractivity contribution in [3.8, 4) is 0 Å². The molecule has 0 heterocycles. The van der Waals surface area contributed by atoms with Crippen molar-refractivity contribution in [3.05, 3.63) is 29.3 Å². The number of ether oxygens (including phenoxy) is 1. The van der Waals surface area contributed by atoms with E-state index in [0.29, 0.717) is 12.2 Å². The van der Waals surface area contributed by atoms with Crippen LogP contribution in [0.15, 0.2) is 18.2 Å². The number of benzene rings is 1. The molecule has 0 atom stereocenters. The van der Waals surface area contributed by atoms with Crippen LogP contribution in [0.25, 0.3) is 0 Å². The first-order valence-electron chi connectivity index (χ1n) is 7.35. The Labute approximate surface area is 120 Å². The van der Waals surface area contributed by atoms with Gasteiger partial charge in [0.05, 0.1) is 6.61 Å². The fourth-order valence-corrected chi connectivity index (χ4v) is 2.38. The fraction of sp³-hybridized carbons (Fsp3) is 0.562. The van der Waals surface area contributed by atoms with E-state index in [1.807, 2.05) is 25.1 Å². The highest BCUT2D eigenvalue weighted by atomic mass is 16.5. The van der Waals surface area contributed by atoms with Gasteiger partial charge < -0.3 is 15.4 Å². The maximum atomic E-state index is 11.7. The molecule has 0 radical (unpaired) electrons. The molecule has 1 aliphatic rings. The SMILES string of the molecule is CNC(=O)c1cccc(NCCOCC2CCC2)c1C. The van der Waals surface area contributed by atoms with Crippen molar-refractivity contribution in [2.24, 2.45) is 5.92 Å². The molecule has 0 bridgehead atoms. The average Bonchev–Trinajstić information content (AvgIpc) is 2.41. The third kappa shape index (κ3) is 3.73. The van der Waals surface area contributed by atoms with E-state index < -0.39 is 0 Å². The van der Waals surface area contributed by atoms with Gasteiger partial charge in [-0.2, -0.15) is 0 Å². The van der Waals surface area contributed by atoms with Gasteiger partial charge >= 0.3 is 0 Å². The molecule has 4 heteroatoms. The van der Waals surface area contributed by atoms with Gasteiger partial charge in [0.1, 0.15) is 0 Å². The summed E-state index contributed by atoms with van der Waals surface area (Å²) in [5, 5.41) is 6.00. The predicted octanol–water partition coefficient (Wildman–Crippen LogP) is 2.58. The zero-order chi connectivity index (χ0) is 14.4. The third-order valence-electron chi connectivity index (χ3n) is 3.95. The van der Waals surface area contributed by atoms with Crippen LogP contribution in [0.3, 0.4) is 0 Å². The van der Waals surface area contributed by atoms with E-state index in [2.05, 4.69) is 10.6 Å². The Morgan fingerprint density at radius 2 is 2.20 bits per heavy atom. The van der Waals surface area contributed by atoms with Crippen LogP contribution in [0.2, 0.25) is 0 Å². The van der Waals surface area contributed by atoms with E-state index in [4.69, 9.17) is 4.74 Å². The molecular formula is C16H24N2O2. The van der Waals surface area contributed by atoms with Gasteiger partial charge in [-0.15, -0.1) is 0 Å². The highest BCUT2D eigenvalue weighted by Crippen LogP contribution is 2.26. The number of hydrogen-bond acceptors (Lipinski definition) is 3. The first-order valence-corrected chi connectivity index (χ1v) is 7.35. The average molecular weight is 276 g/mol. The van der Waals surface area contributed by atoms with Crippen LogP contribution in [-0.2, 0) is 4.74 Å². The second kappa shape index (κ2) is 7.29. The topological polar surface area (TPSA) is 50.4 Å². The molecule has 1 fully saturated rings. The Hall–Kier alpha value is -1.55. The summed E-state index contributed by atoms with van der Waals surface area (Å²) in [7, 11) is 1.65. The molecule has 110 valence electrons. The van der Waals surface area contributed by atoms with Crippen molar-refractivity contribution in [2.45, 2.75) is 26.2 Å². The first-order chi connectivity index (χ1) is 9.72. The Morgan fingerprint density at radius 1 is 1.40 bits per heavy atom. The van der Waals surface area contributed by atoms with Gasteiger partial charge in [0.25, 0.3) is 5.91 Å². The van der Waals surface area contributed by atoms with E-state index in [1.165, 1.54) is 19.3 Å². The van der Waals surface area contributed by atoms with Gasteiger partial charge in [-0.1, -0.05) is 12.5 Å². The van der Waals surface area contributed by atoms with Crippen LogP contribution in [0.4, 0.5) is 5.69 Å². The summed E-state index contributed by atoms with van der Waals surface area (Å²) in [6, 6.07) is 5.73. The van der Waals surface area contributed by atoms with Crippen molar-refractivity contribution in [1.29, 1.82) is 0 Å². The molecule has 0 unspecified atom stereocenters. The molecule has 2 N–H and O–H groups in total. The summed E-state index contributed by atoms with van der Waals surface area (Å²) in [6.07, 6.45) is 4.00. The van der Waals surface area contributed by atoms with Crippen molar-refractivity contribution >= 4 is 11.6 Å². The van der Waals surface area contributed by atoms with E-state index in [9.17, 15) is 4.79 Å². The third-order valence-corrected chi connectivity index (χ3v) is 3.95. The molecule has 1 aromatic carbocycles. The van der Waals surface area contributed by atoms with Crippen LogP contribution in [0.1, 0.15) is 35.2 Å². The maximum absolute atomic E-state index is 11.7. The highest BCUT2D eigenvalue weighted by molar-refractivity contribution is 5.96. The lowest BCUT2D eigenvalue weighted by molar-refractivity contribution is 0.0767. The van der Waals surface area contributed by atoms with Crippen LogP contribution in [-0.4, -0.2) is 32.7 Å². The molecule has 4 nitrogen and oxygen atoms in total. The minimum atomic E-state index is -0.0487. The van der Waals surface area contributed by atoms with Gasteiger partial charge in [0, 0.05) is 31.5 Å². The quantitative estimate of drug-likeness (QED) is 0.753. The minimum Gasteiger partial charge on any atom is -0.382 e. The zero-order valence-corrected chi connectivity index (χ0v) is 12.4. The molecule has 0 spiro atoms. The number of amides is 1. The molecule has 1 aliphatic carbocycles. The monoisotopic (exact) mass is 276 g/mol. The predicted molar refractivity (Wildman–Crippen MR) is 81.2 cm³/mol. The van der Waals surface area contributed by atoms with Crippen LogP contribution < -0.4 is 10.6 Å². The van der Waals surface area contributed by atoms with Gasteiger partial charge in [-0.25, -0.2) is 0 Å². The van der Waals surface area contributed by atoms with E-state index in [-0.39, 0.29) is 5.91 Å². The number of hydrogen-bond donors (Lipinski definition) is 2. The van der Waals surface area contributed by atoms with E-state index in [0.717, 1.165) is 30.3 Å². The van der Waals surface area contributed by atoms with Crippen LogP contribution in [0, 0.1) is 12.8 Å². The number of nitrogens with one attached hydrogen (secondary N) is 2. The molecule has 2 rings (SSSR count). The van der Waals surface area contributed by atoms with Crippen molar-refractivity contribution in [3.63, 3.8) is 0 Å². The standard InChI is InChI=1S/C16H24N2O2/c1-12-14(16(19)17-2)7-4-8-15(12)18-9-10-20-11-13-5-3-6-13/h4,7-8,13,18H,3,5-6,9-11H2,1-2H3,(H,17,19). The fourth-order valence-electron chi connectivity index (χ4n) is 2.38. The molecule has 20 heavy (non-hydrogen) atoms. The Bertz CT molecular complexity index is 456. The van der Waals surface area contributed by atoms with Crippen molar-refractivity contribution in [2.75, 3.05) is 32.1 Å². The van der Waals surface area contributed by atoms with Gasteiger partial charge in [0.2, 0.25) is 0 Å². The molecule has 1 saturated carbocycles. The lowest BCUT2D eigenvalue weighted by Crippen LogP contribution is -2.21. The molecule has 0 aliphatic heterocycles. The maximum Gasteiger partial charge on any atom is 0.251 e. The number of carbonyl (C=O) groups is 1. The summed E-state index contributed by atoms with van der Waals surface area (Å²) in [4.78, 5) is 11.7. The van der Waals surface area contributed by atoms with E-state index in [1.54, 1.807) is 7.05 Å². The van der Waals surface area contributed by atoms with Crippen molar-refractivity contribution in [1.82, 2.24) is 5.32 Å². The van der Waals surface area contributed by atoms with Crippen LogP contribution >= 0.6 is 0 Å². The summed E-state index contributed by atoms with van der Waals surface area (Å²) in [6.45, 7) is 4.33. The minimum absolute atomic E-state index is 0.0487. The molecule has 1 amide bonds. The second-order valence-corrected chi connectivity index (χ2v) is 5.36. The normalized spacial score (nSPS) is 14.7. The Morgan fingerprint density at radius 3 is 2.85 bits per heavy atom. The first kappa shape index (κ1) is 14.9. The molecular weight excluding hydrogens is 252 g/mol. The summed E-state index contributed by atoms with van der Waals surface area (Å²) < 4.78 is 5.66. The van der Waals surface area contributed by atoms with Crippen LogP contribution in [0.5, 0.6) is 0 Å². The Balaban J connectivity index is 1.78. The lowest BCUT2D eigenvalue weighted by Gasteiger charge is -2.24.